The van der Waals surface area contributed by atoms with Gasteiger partial charge in [-0.1, -0.05) is 0 Å². The summed E-state index contributed by atoms with van der Waals surface area (Å²) >= 11 is 0. The number of anilines is 2. The van der Waals surface area contributed by atoms with Crippen molar-refractivity contribution in [1.29, 1.82) is 0 Å². The molecule has 2 heterocycles. The molecule has 6 heteroatoms. The van der Waals surface area contributed by atoms with E-state index in [2.05, 4.69) is 95.1 Å². The van der Waals surface area contributed by atoms with E-state index in [0.717, 1.165) is 39.3 Å². The number of likely N-dealkylation sites (N-methyl/N-ethyl adjacent to an activating group) is 4. The predicted molar refractivity (Wildman–Crippen MR) is 110 cm³/mol. The maximum Gasteiger partial charge on any atom is 0.355 e. The molecule has 2 aliphatic rings. The van der Waals surface area contributed by atoms with Gasteiger partial charge in [0.1, 0.15) is 11.4 Å². The summed E-state index contributed by atoms with van der Waals surface area (Å²) in [7, 11) is 8.71. The molecule has 0 atom stereocenters. The first-order chi connectivity index (χ1) is 12.5. The zero-order valence-corrected chi connectivity index (χ0v) is 17.2. The van der Waals surface area contributed by atoms with Gasteiger partial charge in [0.2, 0.25) is 0 Å². The molecule has 0 spiro atoms. The van der Waals surface area contributed by atoms with Crippen molar-refractivity contribution >= 4 is 23.3 Å². The minimum Gasteiger partial charge on any atom is -0.264 e. The minimum absolute atomic E-state index is 0.962. The maximum atomic E-state index is 2.40. The van der Waals surface area contributed by atoms with E-state index in [9.17, 15) is 0 Å². The quantitative estimate of drug-likeness (QED) is 0.754. The smallest absolute Gasteiger partial charge is 0.264 e. The molecule has 1 aromatic rings. The third-order valence-corrected chi connectivity index (χ3v) is 5.50. The van der Waals surface area contributed by atoms with Gasteiger partial charge in [0.25, 0.3) is 0 Å². The number of hydrogen-bond acceptors (Lipinski definition) is 4. The molecule has 3 rings (SSSR count). The molecular weight excluding hydrogens is 324 g/mol. The summed E-state index contributed by atoms with van der Waals surface area (Å²) in [6.07, 6.45) is 0. The summed E-state index contributed by atoms with van der Waals surface area (Å²) in [5, 5.41) is 0. The molecule has 0 aromatic heterocycles. The molecule has 0 amide bonds. The SMILES string of the molecule is CCN(C1=[N+](C)CCN1C)c1ccc(N(CC)C2=[N+](C)CCN2C)cc1. The van der Waals surface area contributed by atoms with E-state index < -0.39 is 0 Å². The van der Waals surface area contributed by atoms with Gasteiger partial charge in [0, 0.05) is 0 Å². The Hall–Kier alpha value is -2.24. The summed E-state index contributed by atoms with van der Waals surface area (Å²) in [5.41, 5.74) is 2.50. The first-order valence-corrected chi connectivity index (χ1v) is 9.71. The molecule has 0 bridgehead atoms. The van der Waals surface area contributed by atoms with E-state index in [1.807, 2.05) is 0 Å². The third-order valence-electron chi connectivity index (χ3n) is 5.50. The molecule has 0 saturated heterocycles. The van der Waals surface area contributed by atoms with Crippen LogP contribution in [-0.4, -0.2) is 98.3 Å². The van der Waals surface area contributed by atoms with Crippen LogP contribution in [0.4, 0.5) is 11.4 Å². The Morgan fingerprint density at radius 3 is 1.35 bits per heavy atom. The lowest BCUT2D eigenvalue weighted by Crippen LogP contribution is -2.43. The van der Waals surface area contributed by atoms with Gasteiger partial charge in [-0.05, 0) is 38.1 Å². The second-order valence-corrected chi connectivity index (χ2v) is 7.29. The Morgan fingerprint density at radius 2 is 1.12 bits per heavy atom. The monoisotopic (exact) mass is 358 g/mol. The van der Waals surface area contributed by atoms with Gasteiger partial charge in [-0.25, -0.2) is 9.80 Å². The average Bonchev–Trinajstić information content (AvgIpc) is 3.14. The van der Waals surface area contributed by atoms with E-state index in [0.29, 0.717) is 0 Å². The van der Waals surface area contributed by atoms with E-state index in [1.165, 1.54) is 23.3 Å². The van der Waals surface area contributed by atoms with E-state index >= 15 is 0 Å². The Morgan fingerprint density at radius 1 is 0.769 bits per heavy atom. The molecule has 142 valence electrons. The molecule has 0 N–H and O–H groups in total. The zero-order valence-electron chi connectivity index (χ0n) is 17.2. The molecule has 0 radical (unpaired) electrons. The highest BCUT2D eigenvalue weighted by atomic mass is 15.4. The highest BCUT2D eigenvalue weighted by Crippen LogP contribution is 2.23. The topological polar surface area (TPSA) is 19.0 Å². The van der Waals surface area contributed by atoms with Gasteiger partial charge in [0.05, 0.1) is 67.5 Å². The van der Waals surface area contributed by atoms with Crippen molar-refractivity contribution in [3.8, 4) is 0 Å². The molecule has 0 fully saturated rings. The van der Waals surface area contributed by atoms with Crippen molar-refractivity contribution in [2.24, 2.45) is 0 Å². The van der Waals surface area contributed by atoms with Crippen LogP contribution in [-0.2, 0) is 0 Å². The van der Waals surface area contributed by atoms with E-state index in [-0.39, 0.29) is 0 Å². The molecule has 0 aliphatic carbocycles. The Bertz CT molecular complexity index is 645. The lowest BCUT2D eigenvalue weighted by Gasteiger charge is -2.23. The maximum absolute atomic E-state index is 2.40. The zero-order chi connectivity index (χ0) is 18.8. The Kier molecular flexibility index (Phi) is 5.39. The third kappa shape index (κ3) is 3.24. The predicted octanol–water partition coefficient (Wildman–Crippen LogP) is 1.23. The highest BCUT2D eigenvalue weighted by Gasteiger charge is 2.33. The fourth-order valence-electron chi connectivity index (χ4n) is 4.10. The first-order valence-electron chi connectivity index (χ1n) is 9.71. The Labute approximate surface area is 158 Å². The van der Waals surface area contributed by atoms with Crippen molar-refractivity contribution < 1.29 is 9.15 Å². The van der Waals surface area contributed by atoms with Crippen molar-refractivity contribution in [1.82, 2.24) is 9.80 Å². The summed E-state index contributed by atoms with van der Waals surface area (Å²) in [6, 6.07) is 9.02. The molecular formula is C20H34N6+2. The van der Waals surface area contributed by atoms with Crippen LogP contribution >= 0.6 is 0 Å². The number of hydrogen-bond donors (Lipinski definition) is 0. The van der Waals surface area contributed by atoms with Crippen LogP contribution in [0.5, 0.6) is 0 Å². The second kappa shape index (κ2) is 7.56. The van der Waals surface area contributed by atoms with E-state index in [4.69, 9.17) is 0 Å². The van der Waals surface area contributed by atoms with Gasteiger partial charge < -0.3 is 0 Å². The van der Waals surface area contributed by atoms with Crippen LogP contribution < -0.4 is 9.80 Å². The fourth-order valence-corrected chi connectivity index (χ4v) is 4.10. The minimum atomic E-state index is 0.962. The van der Waals surface area contributed by atoms with E-state index in [1.54, 1.807) is 0 Å². The van der Waals surface area contributed by atoms with Gasteiger partial charge in [-0.2, -0.15) is 0 Å². The summed E-state index contributed by atoms with van der Waals surface area (Å²) < 4.78 is 4.68. The normalized spacial score (nSPS) is 17.6. The fraction of sp³-hybridized carbons (Fsp3) is 0.600. The van der Waals surface area contributed by atoms with Gasteiger partial charge in [-0.15, -0.1) is 0 Å². The van der Waals surface area contributed by atoms with Crippen LogP contribution in [0.1, 0.15) is 13.8 Å². The molecule has 0 unspecified atom stereocenters. The largest absolute Gasteiger partial charge is 0.355 e. The summed E-state index contributed by atoms with van der Waals surface area (Å²) in [4.78, 5) is 9.48. The van der Waals surface area contributed by atoms with Crippen LogP contribution in [0.25, 0.3) is 0 Å². The van der Waals surface area contributed by atoms with Gasteiger partial charge in [0.15, 0.2) is 0 Å². The standard InChI is InChI=1S/C20H34N6/c1-7-25(19-21(3)13-14-22(19)4)17-9-11-18(12-10-17)26(8-2)20-23(5)15-16-24(20)6/h9-12H,7-8,13-16H2,1-6H3/q+2. The number of rotatable bonds is 4. The number of benzene rings is 1. The van der Waals surface area contributed by atoms with Crippen LogP contribution in [0.3, 0.4) is 0 Å². The molecule has 1 aromatic carbocycles. The summed E-state index contributed by atoms with van der Waals surface area (Å²) in [6.45, 7) is 10.7. The van der Waals surface area contributed by atoms with Crippen molar-refractivity contribution in [3.63, 3.8) is 0 Å². The lowest BCUT2D eigenvalue weighted by atomic mass is 10.2. The van der Waals surface area contributed by atoms with Gasteiger partial charge in [-0.3, -0.25) is 19.0 Å². The molecule has 0 saturated carbocycles. The summed E-state index contributed by atoms with van der Waals surface area (Å²) in [5.74, 6) is 2.58. The van der Waals surface area contributed by atoms with Crippen molar-refractivity contribution in [2.75, 3.05) is 77.3 Å². The number of guanidine groups is 2. The first kappa shape index (κ1) is 18.5. The molecule has 26 heavy (non-hydrogen) atoms. The second-order valence-electron chi connectivity index (χ2n) is 7.29. The molecule has 6 nitrogen and oxygen atoms in total. The Balaban J connectivity index is 1.88. The molecule has 2 aliphatic heterocycles. The van der Waals surface area contributed by atoms with Gasteiger partial charge >= 0.3 is 11.9 Å². The van der Waals surface area contributed by atoms with Crippen molar-refractivity contribution in [3.05, 3.63) is 24.3 Å². The van der Waals surface area contributed by atoms with Crippen LogP contribution in [0.15, 0.2) is 24.3 Å². The number of nitrogens with zero attached hydrogens (tertiary/aromatic N) is 6. The van der Waals surface area contributed by atoms with Crippen molar-refractivity contribution in [2.45, 2.75) is 13.8 Å². The van der Waals surface area contributed by atoms with Crippen LogP contribution in [0, 0.1) is 0 Å². The average molecular weight is 359 g/mol. The highest BCUT2D eigenvalue weighted by molar-refractivity contribution is 5.95. The van der Waals surface area contributed by atoms with Crippen LogP contribution in [0.2, 0.25) is 0 Å². The lowest BCUT2D eigenvalue weighted by molar-refractivity contribution is -0.487.